The zero-order valence-electron chi connectivity index (χ0n) is 15.8. The number of methoxy groups -OCH3 is 2. The number of benzene rings is 2. The van der Waals surface area contributed by atoms with E-state index in [4.69, 9.17) is 14.6 Å². The molecule has 5 nitrogen and oxygen atoms in total. The number of rotatable bonds is 4. The van der Waals surface area contributed by atoms with Gasteiger partial charge in [0, 0.05) is 11.3 Å². The van der Waals surface area contributed by atoms with Gasteiger partial charge in [0.1, 0.15) is 5.75 Å². The van der Waals surface area contributed by atoms with Crippen LogP contribution in [0.1, 0.15) is 54.1 Å². The van der Waals surface area contributed by atoms with Crippen molar-refractivity contribution in [2.75, 3.05) is 14.2 Å². The van der Waals surface area contributed by atoms with Crippen molar-refractivity contribution in [3.63, 3.8) is 0 Å². The summed E-state index contributed by atoms with van der Waals surface area (Å²) >= 11 is 0. The molecule has 0 bridgehead atoms. The Labute approximate surface area is 158 Å². The van der Waals surface area contributed by atoms with E-state index in [0.29, 0.717) is 11.5 Å². The molecule has 5 heteroatoms. The van der Waals surface area contributed by atoms with Crippen molar-refractivity contribution >= 4 is 16.9 Å². The van der Waals surface area contributed by atoms with Gasteiger partial charge in [-0.15, -0.1) is 0 Å². The van der Waals surface area contributed by atoms with Gasteiger partial charge in [0.2, 0.25) is 0 Å². The summed E-state index contributed by atoms with van der Waals surface area (Å²) in [5, 5.41) is 5.98. The number of aromatic nitrogens is 2. The molecule has 0 unspecified atom stereocenters. The van der Waals surface area contributed by atoms with E-state index in [1.165, 1.54) is 44.9 Å². The smallest absolute Gasteiger partial charge is 0.337 e. The third-order valence-electron chi connectivity index (χ3n) is 5.44. The summed E-state index contributed by atoms with van der Waals surface area (Å²) in [6, 6.07) is 13.6. The second-order valence-corrected chi connectivity index (χ2v) is 7.05. The fourth-order valence-corrected chi connectivity index (χ4v) is 4.04. The lowest BCUT2D eigenvalue weighted by molar-refractivity contribution is 0.0601. The maximum Gasteiger partial charge on any atom is 0.337 e. The van der Waals surface area contributed by atoms with Crippen molar-refractivity contribution in [2.45, 2.75) is 38.0 Å². The maximum atomic E-state index is 11.9. The molecule has 0 atom stereocenters. The molecule has 27 heavy (non-hydrogen) atoms. The highest BCUT2D eigenvalue weighted by molar-refractivity contribution is 5.95. The number of hydrogen-bond donors (Lipinski definition) is 0. The topological polar surface area (TPSA) is 53.4 Å². The van der Waals surface area contributed by atoms with E-state index in [1.807, 2.05) is 47.1 Å². The van der Waals surface area contributed by atoms with Crippen LogP contribution in [0.4, 0.5) is 0 Å². The summed E-state index contributed by atoms with van der Waals surface area (Å²) in [7, 11) is 3.06. The van der Waals surface area contributed by atoms with E-state index in [1.54, 1.807) is 7.11 Å². The molecular weight excluding hydrogens is 340 g/mol. The number of hydrogen-bond acceptors (Lipinski definition) is 4. The van der Waals surface area contributed by atoms with Crippen molar-refractivity contribution in [1.82, 2.24) is 9.78 Å². The van der Waals surface area contributed by atoms with Crippen LogP contribution < -0.4 is 4.74 Å². The number of esters is 1. The SMILES string of the molecule is COC(=O)c1ccc2c(C3CCCCC3)n(-c3ccc(OC)cc3)nc2c1. The van der Waals surface area contributed by atoms with E-state index in [9.17, 15) is 4.79 Å². The van der Waals surface area contributed by atoms with Gasteiger partial charge in [-0.2, -0.15) is 5.10 Å². The van der Waals surface area contributed by atoms with Crippen molar-refractivity contribution < 1.29 is 14.3 Å². The van der Waals surface area contributed by atoms with Crippen LogP contribution in [0.15, 0.2) is 42.5 Å². The van der Waals surface area contributed by atoms with Gasteiger partial charge in [0.15, 0.2) is 0 Å². The van der Waals surface area contributed by atoms with Crippen LogP contribution >= 0.6 is 0 Å². The molecule has 1 aliphatic rings. The highest BCUT2D eigenvalue weighted by Crippen LogP contribution is 2.38. The van der Waals surface area contributed by atoms with Crippen LogP contribution in [0.5, 0.6) is 5.75 Å². The Kier molecular flexibility index (Phi) is 4.84. The molecule has 140 valence electrons. The average molecular weight is 364 g/mol. The minimum absolute atomic E-state index is 0.338. The molecular formula is C22H24N2O3. The first-order valence-corrected chi connectivity index (χ1v) is 9.46. The molecule has 0 aliphatic heterocycles. The van der Waals surface area contributed by atoms with Crippen molar-refractivity contribution in [3.05, 3.63) is 53.7 Å². The standard InChI is InChI=1S/C22H24N2O3/c1-26-18-11-9-17(10-12-18)24-21(15-6-4-3-5-7-15)19-13-8-16(22(25)27-2)14-20(19)23-24/h8-15H,3-7H2,1-2H3. The first-order chi connectivity index (χ1) is 13.2. The summed E-state index contributed by atoms with van der Waals surface area (Å²) in [4.78, 5) is 11.9. The molecule has 1 aromatic heterocycles. The molecule has 0 spiro atoms. The Morgan fingerprint density at radius 3 is 2.44 bits per heavy atom. The predicted molar refractivity (Wildman–Crippen MR) is 105 cm³/mol. The largest absolute Gasteiger partial charge is 0.497 e. The molecule has 0 amide bonds. The van der Waals surface area contributed by atoms with Crippen molar-refractivity contribution in [1.29, 1.82) is 0 Å². The van der Waals surface area contributed by atoms with Crippen molar-refractivity contribution in [3.8, 4) is 11.4 Å². The van der Waals surface area contributed by atoms with Crippen LogP contribution in [-0.2, 0) is 4.74 Å². The minimum Gasteiger partial charge on any atom is -0.497 e. The quantitative estimate of drug-likeness (QED) is 0.620. The molecule has 4 rings (SSSR count). The highest BCUT2D eigenvalue weighted by atomic mass is 16.5. The lowest BCUT2D eigenvalue weighted by Gasteiger charge is -2.23. The predicted octanol–water partition coefficient (Wildman–Crippen LogP) is 4.87. The van der Waals surface area contributed by atoms with Gasteiger partial charge >= 0.3 is 5.97 Å². The lowest BCUT2D eigenvalue weighted by Crippen LogP contribution is -2.11. The zero-order valence-corrected chi connectivity index (χ0v) is 15.8. The Morgan fingerprint density at radius 2 is 1.78 bits per heavy atom. The molecule has 1 heterocycles. The van der Waals surface area contributed by atoms with Gasteiger partial charge in [-0.05, 0) is 49.2 Å². The Hall–Kier alpha value is -2.82. The van der Waals surface area contributed by atoms with Gasteiger partial charge in [0.05, 0.1) is 36.7 Å². The van der Waals surface area contributed by atoms with Crippen LogP contribution in [-0.4, -0.2) is 30.0 Å². The molecule has 0 radical (unpaired) electrons. The normalized spacial score (nSPS) is 15.0. The molecule has 2 aromatic carbocycles. The number of nitrogens with zero attached hydrogens (tertiary/aromatic N) is 2. The number of carbonyl (C=O) groups is 1. The number of ether oxygens (including phenoxy) is 2. The zero-order chi connectivity index (χ0) is 18.8. The molecule has 0 saturated heterocycles. The third kappa shape index (κ3) is 3.29. The van der Waals surface area contributed by atoms with E-state index >= 15 is 0 Å². The summed E-state index contributed by atoms with van der Waals surface area (Å²) in [5.74, 6) is 0.965. The second-order valence-electron chi connectivity index (χ2n) is 7.05. The number of carbonyl (C=O) groups excluding carboxylic acids is 1. The molecule has 3 aromatic rings. The first kappa shape index (κ1) is 17.6. The Morgan fingerprint density at radius 1 is 1.04 bits per heavy atom. The monoisotopic (exact) mass is 364 g/mol. The van der Waals surface area contributed by atoms with Crippen LogP contribution in [0.2, 0.25) is 0 Å². The highest BCUT2D eigenvalue weighted by Gasteiger charge is 2.24. The van der Waals surface area contributed by atoms with E-state index in [-0.39, 0.29) is 5.97 Å². The fourth-order valence-electron chi connectivity index (χ4n) is 4.04. The van der Waals surface area contributed by atoms with Gasteiger partial charge in [-0.1, -0.05) is 25.3 Å². The molecule has 0 N–H and O–H groups in total. The lowest BCUT2D eigenvalue weighted by atomic mass is 9.85. The average Bonchev–Trinajstić information content (AvgIpc) is 3.12. The van der Waals surface area contributed by atoms with Gasteiger partial charge in [-0.3, -0.25) is 0 Å². The number of fused-ring (bicyclic) bond motifs is 1. The van der Waals surface area contributed by atoms with Gasteiger partial charge in [-0.25, -0.2) is 9.48 Å². The fraction of sp³-hybridized carbons (Fsp3) is 0.364. The third-order valence-corrected chi connectivity index (χ3v) is 5.44. The van der Waals surface area contributed by atoms with Gasteiger partial charge < -0.3 is 9.47 Å². The van der Waals surface area contributed by atoms with Gasteiger partial charge in [0.25, 0.3) is 0 Å². The van der Waals surface area contributed by atoms with Crippen LogP contribution in [0, 0.1) is 0 Å². The van der Waals surface area contributed by atoms with Crippen molar-refractivity contribution in [2.24, 2.45) is 0 Å². The second kappa shape index (κ2) is 7.43. The molecule has 1 aliphatic carbocycles. The molecule has 1 saturated carbocycles. The van der Waals surface area contributed by atoms with Crippen LogP contribution in [0.3, 0.4) is 0 Å². The van der Waals surface area contributed by atoms with E-state index < -0.39 is 0 Å². The van der Waals surface area contributed by atoms with E-state index in [0.717, 1.165) is 22.3 Å². The summed E-state index contributed by atoms with van der Waals surface area (Å²) in [5.41, 5.74) is 3.60. The minimum atomic E-state index is -0.338. The van der Waals surface area contributed by atoms with Crippen LogP contribution in [0.25, 0.3) is 16.6 Å². The Bertz CT molecular complexity index is 954. The summed E-state index contributed by atoms with van der Waals surface area (Å²) < 4.78 is 12.2. The first-order valence-electron chi connectivity index (χ1n) is 9.46. The summed E-state index contributed by atoms with van der Waals surface area (Å²) in [6.45, 7) is 0. The molecule has 1 fully saturated rings. The van der Waals surface area contributed by atoms with E-state index in [2.05, 4.69) is 0 Å². The summed E-state index contributed by atoms with van der Waals surface area (Å²) in [6.07, 6.45) is 6.16. The maximum absolute atomic E-state index is 11.9. The Balaban J connectivity index is 1.87.